The molecule has 0 bridgehead atoms. The molecule has 3 heterocycles. The largest absolute Gasteiger partial charge is 0.493 e. The van der Waals surface area contributed by atoms with E-state index in [-0.39, 0.29) is 12.5 Å². The molecule has 7 nitrogen and oxygen atoms in total. The third kappa shape index (κ3) is 2.50. The van der Waals surface area contributed by atoms with Gasteiger partial charge in [-0.25, -0.2) is 4.79 Å². The van der Waals surface area contributed by atoms with E-state index in [1.165, 1.54) is 4.90 Å². The Morgan fingerprint density at radius 2 is 1.82 bits per heavy atom. The fraction of sp³-hybridized carbons (Fsp3) is 0.300. The van der Waals surface area contributed by atoms with Crippen molar-refractivity contribution in [2.45, 2.75) is 18.5 Å². The van der Waals surface area contributed by atoms with Crippen LogP contribution in [-0.2, 0) is 16.9 Å². The number of amides is 3. The van der Waals surface area contributed by atoms with E-state index in [0.29, 0.717) is 59.6 Å². The Kier molecular flexibility index (Phi) is 3.87. The molecule has 0 aromatic heterocycles. The second-order valence-corrected chi connectivity index (χ2v) is 7.33. The highest BCUT2D eigenvalue weighted by Crippen LogP contribution is 2.42. The number of hydrogen-bond acceptors (Lipinski definition) is 5. The van der Waals surface area contributed by atoms with Gasteiger partial charge in [0.15, 0.2) is 17.0 Å². The molecular weight excluding hydrogens is 384 g/mol. The zero-order valence-electron chi connectivity index (χ0n) is 14.9. The van der Waals surface area contributed by atoms with Crippen LogP contribution in [0.4, 0.5) is 4.79 Å². The van der Waals surface area contributed by atoms with Crippen LogP contribution in [0.1, 0.15) is 17.5 Å². The van der Waals surface area contributed by atoms with E-state index in [1.54, 1.807) is 18.2 Å². The monoisotopic (exact) mass is 400 g/mol. The number of carbonyl (C=O) groups is 2. The number of rotatable bonds is 2. The van der Waals surface area contributed by atoms with Gasteiger partial charge in [-0.3, -0.25) is 9.69 Å². The highest BCUT2D eigenvalue weighted by atomic mass is 35.5. The van der Waals surface area contributed by atoms with E-state index in [1.807, 2.05) is 18.2 Å². The van der Waals surface area contributed by atoms with Crippen LogP contribution in [0.15, 0.2) is 36.4 Å². The van der Waals surface area contributed by atoms with Gasteiger partial charge >= 0.3 is 6.03 Å². The number of para-hydroxylation sites is 1. The Labute approximate surface area is 166 Å². The van der Waals surface area contributed by atoms with Crippen LogP contribution in [0.2, 0.25) is 5.02 Å². The molecule has 0 unspecified atom stereocenters. The molecule has 8 heteroatoms. The average molecular weight is 401 g/mol. The number of benzene rings is 2. The van der Waals surface area contributed by atoms with E-state index in [0.717, 1.165) is 0 Å². The Balaban J connectivity index is 1.48. The SMILES string of the molecule is O=C1N[C@@]2(CCOc3ccccc32)C(=O)N1Cc1cc(Cl)c2c(c1)OCCO2. The lowest BCUT2D eigenvalue weighted by Gasteiger charge is -2.33. The molecule has 0 radical (unpaired) electrons. The Hall–Kier alpha value is -2.93. The summed E-state index contributed by atoms with van der Waals surface area (Å²) >= 11 is 6.29. The van der Waals surface area contributed by atoms with Crippen molar-refractivity contribution >= 4 is 23.5 Å². The molecule has 0 aliphatic carbocycles. The van der Waals surface area contributed by atoms with Crippen molar-refractivity contribution in [3.8, 4) is 17.2 Å². The van der Waals surface area contributed by atoms with Crippen LogP contribution in [0, 0.1) is 0 Å². The first-order chi connectivity index (χ1) is 13.6. The second-order valence-electron chi connectivity index (χ2n) is 6.92. The van der Waals surface area contributed by atoms with Gasteiger partial charge in [0.05, 0.1) is 18.2 Å². The molecule has 1 spiro atoms. The molecule has 1 N–H and O–H groups in total. The first kappa shape index (κ1) is 17.2. The maximum Gasteiger partial charge on any atom is 0.325 e. The van der Waals surface area contributed by atoms with Crippen LogP contribution < -0.4 is 19.5 Å². The molecule has 144 valence electrons. The zero-order chi connectivity index (χ0) is 19.3. The number of nitrogens with one attached hydrogen (secondary N) is 1. The van der Waals surface area contributed by atoms with Gasteiger partial charge < -0.3 is 19.5 Å². The predicted molar refractivity (Wildman–Crippen MR) is 99.8 cm³/mol. The molecule has 3 aliphatic rings. The van der Waals surface area contributed by atoms with Gasteiger partial charge in [-0.05, 0) is 23.8 Å². The van der Waals surface area contributed by atoms with Crippen LogP contribution in [0.3, 0.4) is 0 Å². The third-order valence-electron chi connectivity index (χ3n) is 5.25. The molecule has 1 fully saturated rings. The van der Waals surface area contributed by atoms with Crippen LogP contribution in [0.25, 0.3) is 0 Å². The summed E-state index contributed by atoms with van der Waals surface area (Å²) in [5.74, 6) is 1.33. The number of hydrogen-bond donors (Lipinski definition) is 1. The summed E-state index contributed by atoms with van der Waals surface area (Å²) in [5, 5.41) is 3.28. The van der Waals surface area contributed by atoms with Crippen molar-refractivity contribution in [2.24, 2.45) is 0 Å². The van der Waals surface area contributed by atoms with Gasteiger partial charge in [0.25, 0.3) is 5.91 Å². The maximum atomic E-state index is 13.3. The summed E-state index contributed by atoms with van der Waals surface area (Å²) in [6.07, 6.45) is 0.382. The second kappa shape index (κ2) is 6.31. The molecule has 3 amide bonds. The predicted octanol–water partition coefficient (Wildman–Crippen LogP) is 2.84. The highest BCUT2D eigenvalue weighted by molar-refractivity contribution is 6.32. The Bertz CT molecular complexity index is 995. The summed E-state index contributed by atoms with van der Waals surface area (Å²) in [6.45, 7) is 1.30. The maximum absolute atomic E-state index is 13.3. The quantitative estimate of drug-likeness (QED) is 0.784. The van der Waals surface area contributed by atoms with Gasteiger partial charge in [-0.15, -0.1) is 0 Å². The third-order valence-corrected chi connectivity index (χ3v) is 5.54. The van der Waals surface area contributed by atoms with Crippen molar-refractivity contribution in [1.29, 1.82) is 0 Å². The summed E-state index contributed by atoms with van der Waals surface area (Å²) in [7, 11) is 0. The van der Waals surface area contributed by atoms with E-state index >= 15 is 0 Å². The van der Waals surface area contributed by atoms with E-state index in [4.69, 9.17) is 25.8 Å². The molecule has 0 saturated carbocycles. The standard InChI is InChI=1S/C20H17ClN2O5/c21-14-9-12(10-16-17(14)28-8-7-27-16)11-23-18(24)20(22-19(23)25)5-6-26-15-4-2-1-3-13(15)20/h1-4,9-10H,5-8,11H2,(H,22,25)/t20-/m1/s1. The van der Waals surface area contributed by atoms with Crippen molar-refractivity contribution in [1.82, 2.24) is 10.2 Å². The summed E-state index contributed by atoms with van der Waals surface area (Å²) in [4.78, 5) is 27.3. The normalized spacial score (nSPS) is 22.7. The van der Waals surface area contributed by atoms with Gasteiger partial charge in [0.1, 0.15) is 19.0 Å². The molecule has 5 rings (SSSR count). The molecule has 2 aromatic rings. The van der Waals surface area contributed by atoms with Crippen molar-refractivity contribution in [3.63, 3.8) is 0 Å². The van der Waals surface area contributed by atoms with Crippen molar-refractivity contribution in [3.05, 3.63) is 52.5 Å². The number of carbonyl (C=O) groups excluding carboxylic acids is 2. The number of urea groups is 1. The number of halogens is 1. The molecule has 2 aromatic carbocycles. The van der Waals surface area contributed by atoms with Crippen molar-refractivity contribution in [2.75, 3.05) is 19.8 Å². The average Bonchev–Trinajstić information content (AvgIpc) is 2.93. The molecule has 1 atom stereocenters. The number of imide groups is 1. The highest BCUT2D eigenvalue weighted by Gasteiger charge is 2.54. The smallest absolute Gasteiger partial charge is 0.325 e. The van der Waals surface area contributed by atoms with Crippen LogP contribution in [-0.4, -0.2) is 36.7 Å². The van der Waals surface area contributed by atoms with E-state index in [2.05, 4.69) is 5.32 Å². The number of ether oxygens (including phenoxy) is 3. The van der Waals surface area contributed by atoms with Crippen molar-refractivity contribution < 1.29 is 23.8 Å². The summed E-state index contributed by atoms with van der Waals surface area (Å²) in [6, 6.07) is 10.3. The van der Waals surface area contributed by atoms with Gasteiger partial charge in [0.2, 0.25) is 0 Å². The minimum atomic E-state index is -1.09. The minimum absolute atomic E-state index is 0.0891. The van der Waals surface area contributed by atoms with Crippen LogP contribution in [0.5, 0.6) is 17.2 Å². The molecular formula is C20H17ClN2O5. The summed E-state index contributed by atoms with van der Waals surface area (Å²) in [5.41, 5.74) is 0.279. The van der Waals surface area contributed by atoms with Gasteiger partial charge in [0, 0.05) is 12.0 Å². The molecule has 3 aliphatic heterocycles. The lowest BCUT2D eigenvalue weighted by atomic mass is 9.84. The minimum Gasteiger partial charge on any atom is -0.493 e. The fourth-order valence-corrected chi connectivity index (χ4v) is 4.24. The van der Waals surface area contributed by atoms with Gasteiger partial charge in [-0.1, -0.05) is 29.8 Å². The molecule has 1 saturated heterocycles. The Morgan fingerprint density at radius 1 is 1.04 bits per heavy atom. The number of fused-ring (bicyclic) bond motifs is 3. The fourth-order valence-electron chi connectivity index (χ4n) is 3.95. The van der Waals surface area contributed by atoms with E-state index < -0.39 is 11.6 Å². The van der Waals surface area contributed by atoms with E-state index in [9.17, 15) is 9.59 Å². The first-order valence-electron chi connectivity index (χ1n) is 9.03. The lowest BCUT2D eigenvalue weighted by molar-refractivity contribution is -0.133. The zero-order valence-corrected chi connectivity index (χ0v) is 15.6. The lowest BCUT2D eigenvalue weighted by Crippen LogP contribution is -2.47. The van der Waals surface area contributed by atoms with Gasteiger partial charge in [-0.2, -0.15) is 0 Å². The van der Waals surface area contributed by atoms with Crippen LogP contribution >= 0.6 is 11.6 Å². The Morgan fingerprint density at radius 3 is 2.71 bits per heavy atom. The molecule has 28 heavy (non-hydrogen) atoms. The topological polar surface area (TPSA) is 77.1 Å². The summed E-state index contributed by atoms with van der Waals surface area (Å²) < 4.78 is 16.8. The number of nitrogens with zero attached hydrogens (tertiary/aromatic N) is 1. The first-order valence-corrected chi connectivity index (χ1v) is 9.41.